The van der Waals surface area contributed by atoms with Crippen LogP contribution in [0.2, 0.25) is 0 Å². The minimum atomic E-state index is -0.141. The molecule has 3 aromatic rings. The summed E-state index contributed by atoms with van der Waals surface area (Å²) >= 11 is 0. The molecule has 1 N–H and O–H groups in total. The van der Waals surface area contributed by atoms with E-state index in [1.165, 1.54) is 0 Å². The maximum atomic E-state index is 12.8. The Kier molecular flexibility index (Phi) is 7.06. The number of furan rings is 1. The molecule has 1 heterocycles. The first-order valence-electron chi connectivity index (χ1n) is 8.29. The third-order valence-corrected chi connectivity index (χ3v) is 4.06. The number of rotatable bonds is 7. The molecule has 138 valence electrons. The van der Waals surface area contributed by atoms with Crippen LogP contribution < -0.4 is 10.1 Å². The van der Waals surface area contributed by atoms with Crippen LogP contribution in [0.1, 0.15) is 16.1 Å². The van der Waals surface area contributed by atoms with Crippen molar-refractivity contribution in [3.8, 4) is 5.75 Å². The smallest absolute Gasteiger partial charge is 0.289 e. The van der Waals surface area contributed by atoms with Crippen LogP contribution >= 0.6 is 12.4 Å². The van der Waals surface area contributed by atoms with E-state index in [1.807, 2.05) is 61.6 Å². The fourth-order valence-corrected chi connectivity index (χ4v) is 2.64. The zero-order chi connectivity index (χ0) is 17.6. The Labute approximate surface area is 159 Å². The highest BCUT2D eigenvalue weighted by Crippen LogP contribution is 2.28. The number of nitrogens with one attached hydrogen (secondary N) is 1. The van der Waals surface area contributed by atoms with Gasteiger partial charge in [0.05, 0.1) is 0 Å². The van der Waals surface area contributed by atoms with Crippen molar-refractivity contribution in [1.29, 1.82) is 0 Å². The molecule has 0 unspecified atom stereocenters. The van der Waals surface area contributed by atoms with Gasteiger partial charge < -0.3 is 19.4 Å². The Morgan fingerprint density at radius 1 is 1.12 bits per heavy atom. The van der Waals surface area contributed by atoms with E-state index in [1.54, 1.807) is 11.9 Å². The number of nitrogens with zero attached hydrogens (tertiary/aromatic N) is 1. The van der Waals surface area contributed by atoms with Crippen molar-refractivity contribution in [1.82, 2.24) is 10.2 Å². The molecule has 26 heavy (non-hydrogen) atoms. The average molecular weight is 375 g/mol. The molecule has 6 heteroatoms. The summed E-state index contributed by atoms with van der Waals surface area (Å²) in [5.41, 5.74) is 1.47. The van der Waals surface area contributed by atoms with E-state index in [0.29, 0.717) is 17.9 Å². The Morgan fingerprint density at radius 3 is 2.54 bits per heavy atom. The van der Waals surface area contributed by atoms with E-state index in [4.69, 9.17) is 9.15 Å². The number of carbonyl (C=O) groups excluding carboxylic acids is 1. The van der Waals surface area contributed by atoms with Gasteiger partial charge in [-0.2, -0.15) is 0 Å². The lowest BCUT2D eigenvalue weighted by Crippen LogP contribution is -2.33. The van der Waals surface area contributed by atoms with E-state index in [0.717, 1.165) is 23.2 Å². The van der Waals surface area contributed by atoms with Gasteiger partial charge in [0, 0.05) is 31.1 Å². The summed E-state index contributed by atoms with van der Waals surface area (Å²) in [7, 11) is 3.63. The van der Waals surface area contributed by atoms with Crippen LogP contribution in [0.3, 0.4) is 0 Å². The minimum Gasteiger partial charge on any atom is -0.489 e. The molecule has 0 bridgehead atoms. The molecule has 0 fully saturated rings. The molecule has 0 aliphatic rings. The van der Waals surface area contributed by atoms with Gasteiger partial charge in [-0.3, -0.25) is 4.79 Å². The molecule has 1 aromatic heterocycles. The summed E-state index contributed by atoms with van der Waals surface area (Å²) in [5, 5.41) is 3.95. The standard InChI is InChI=1S/C20H22N2O3.ClH/c1-21-12-13-22(2)20(23)19-17(14-24-15-8-4-3-5-9-15)16-10-6-7-11-18(16)25-19;/h3-11,21H,12-14H2,1-2H3;1H. The Balaban J connectivity index is 0.00000243. The van der Waals surface area contributed by atoms with Crippen LogP contribution in [-0.4, -0.2) is 38.0 Å². The SMILES string of the molecule is CNCCN(C)C(=O)c1oc2ccccc2c1COc1ccccc1.Cl. The number of ether oxygens (including phenoxy) is 1. The summed E-state index contributed by atoms with van der Waals surface area (Å²) in [5.74, 6) is 0.962. The number of para-hydroxylation sites is 2. The van der Waals surface area contributed by atoms with Crippen LogP contribution in [0.4, 0.5) is 0 Å². The van der Waals surface area contributed by atoms with Gasteiger partial charge in [0.1, 0.15) is 17.9 Å². The lowest BCUT2D eigenvalue weighted by Gasteiger charge is -2.16. The number of likely N-dealkylation sites (N-methyl/N-ethyl adjacent to an activating group) is 2. The third kappa shape index (κ3) is 4.36. The highest BCUT2D eigenvalue weighted by molar-refractivity contribution is 5.99. The Hall–Kier alpha value is -2.50. The lowest BCUT2D eigenvalue weighted by molar-refractivity contribution is 0.0764. The van der Waals surface area contributed by atoms with Gasteiger partial charge in [-0.15, -0.1) is 12.4 Å². The van der Waals surface area contributed by atoms with Gasteiger partial charge in [0.2, 0.25) is 0 Å². The summed E-state index contributed by atoms with van der Waals surface area (Å²) in [6, 6.07) is 17.2. The molecule has 0 atom stereocenters. The second kappa shape index (κ2) is 9.27. The molecule has 5 nitrogen and oxygen atoms in total. The van der Waals surface area contributed by atoms with E-state index < -0.39 is 0 Å². The number of halogens is 1. The van der Waals surface area contributed by atoms with Crippen molar-refractivity contribution >= 4 is 29.3 Å². The van der Waals surface area contributed by atoms with Crippen molar-refractivity contribution in [2.75, 3.05) is 27.2 Å². The molecule has 0 aliphatic heterocycles. The monoisotopic (exact) mass is 374 g/mol. The Morgan fingerprint density at radius 2 is 1.81 bits per heavy atom. The van der Waals surface area contributed by atoms with E-state index in [2.05, 4.69) is 5.32 Å². The quantitative estimate of drug-likeness (QED) is 0.684. The van der Waals surface area contributed by atoms with E-state index >= 15 is 0 Å². The first kappa shape index (κ1) is 19.8. The van der Waals surface area contributed by atoms with Crippen molar-refractivity contribution in [2.45, 2.75) is 6.61 Å². The lowest BCUT2D eigenvalue weighted by atomic mass is 10.1. The summed E-state index contributed by atoms with van der Waals surface area (Å²) < 4.78 is 11.7. The molecule has 0 aliphatic carbocycles. The van der Waals surface area contributed by atoms with Gasteiger partial charge in [-0.1, -0.05) is 36.4 Å². The predicted molar refractivity (Wildman–Crippen MR) is 105 cm³/mol. The van der Waals surface area contributed by atoms with Crippen LogP contribution in [0.15, 0.2) is 59.0 Å². The number of fused-ring (bicyclic) bond motifs is 1. The number of benzene rings is 2. The highest BCUT2D eigenvalue weighted by Gasteiger charge is 2.23. The molecule has 0 spiro atoms. The van der Waals surface area contributed by atoms with Gasteiger partial charge in [0.15, 0.2) is 5.76 Å². The summed E-state index contributed by atoms with van der Waals surface area (Å²) in [4.78, 5) is 14.5. The molecule has 0 radical (unpaired) electrons. The summed E-state index contributed by atoms with van der Waals surface area (Å²) in [6.45, 7) is 1.60. The fraction of sp³-hybridized carbons (Fsp3) is 0.250. The minimum absolute atomic E-state index is 0. The van der Waals surface area contributed by atoms with Gasteiger partial charge in [-0.05, 0) is 25.2 Å². The summed E-state index contributed by atoms with van der Waals surface area (Å²) in [6.07, 6.45) is 0. The van der Waals surface area contributed by atoms with Crippen LogP contribution in [0.5, 0.6) is 5.75 Å². The molecule has 1 amide bonds. The van der Waals surface area contributed by atoms with Crippen molar-refractivity contribution in [3.05, 3.63) is 65.9 Å². The van der Waals surface area contributed by atoms with Crippen molar-refractivity contribution in [3.63, 3.8) is 0 Å². The topological polar surface area (TPSA) is 54.7 Å². The van der Waals surface area contributed by atoms with Crippen LogP contribution in [-0.2, 0) is 6.61 Å². The highest BCUT2D eigenvalue weighted by atomic mass is 35.5. The molecular formula is C20H23ClN2O3. The van der Waals surface area contributed by atoms with Crippen LogP contribution in [0.25, 0.3) is 11.0 Å². The number of amides is 1. The number of hydrogen-bond donors (Lipinski definition) is 1. The molecular weight excluding hydrogens is 352 g/mol. The zero-order valence-corrected chi connectivity index (χ0v) is 15.7. The second-order valence-electron chi connectivity index (χ2n) is 5.84. The first-order chi connectivity index (χ1) is 12.2. The van der Waals surface area contributed by atoms with E-state index in [-0.39, 0.29) is 24.9 Å². The van der Waals surface area contributed by atoms with Crippen molar-refractivity contribution < 1.29 is 13.9 Å². The third-order valence-electron chi connectivity index (χ3n) is 4.06. The first-order valence-corrected chi connectivity index (χ1v) is 8.29. The normalized spacial score (nSPS) is 10.4. The molecule has 2 aromatic carbocycles. The second-order valence-corrected chi connectivity index (χ2v) is 5.84. The maximum absolute atomic E-state index is 12.8. The molecule has 3 rings (SSSR count). The van der Waals surface area contributed by atoms with Gasteiger partial charge >= 0.3 is 0 Å². The maximum Gasteiger partial charge on any atom is 0.289 e. The van der Waals surface area contributed by atoms with Crippen LogP contribution in [0, 0.1) is 0 Å². The molecule has 0 saturated carbocycles. The van der Waals surface area contributed by atoms with Gasteiger partial charge in [-0.25, -0.2) is 0 Å². The zero-order valence-electron chi connectivity index (χ0n) is 14.9. The Bertz CT molecular complexity index is 849. The van der Waals surface area contributed by atoms with E-state index in [9.17, 15) is 4.79 Å². The van der Waals surface area contributed by atoms with Crippen molar-refractivity contribution in [2.24, 2.45) is 0 Å². The largest absolute Gasteiger partial charge is 0.489 e. The predicted octanol–water partition coefficient (Wildman–Crippen LogP) is 3.73. The fourth-order valence-electron chi connectivity index (χ4n) is 2.64. The number of carbonyl (C=O) groups is 1. The molecule has 0 saturated heterocycles. The average Bonchev–Trinajstić information content (AvgIpc) is 3.03. The van der Waals surface area contributed by atoms with Gasteiger partial charge in [0.25, 0.3) is 5.91 Å². The number of hydrogen-bond acceptors (Lipinski definition) is 4.